The van der Waals surface area contributed by atoms with Crippen molar-refractivity contribution in [2.45, 2.75) is 11.8 Å². The second kappa shape index (κ2) is 6.40. The molecule has 1 aliphatic rings. The van der Waals surface area contributed by atoms with Gasteiger partial charge < -0.3 is 9.64 Å². The van der Waals surface area contributed by atoms with Crippen LogP contribution in [-0.4, -0.2) is 56.5 Å². The molecule has 2 rings (SSSR count). The third kappa shape index (κ3) is 3.51. The fraction of sp³-hybridized carbons (Fsp3) is 0.462. The Morgan fingerprint density at radius 2 is 1.76 bits per heavy atom. The molecular weight excluding hydrogens is 299 g/mol. The normalized spacial score (nSPS) is 16.8. The van der Waals surface area contributed by atoms with Crippen molar-refractivity contribution in [3.8, 4) is 0 Å². The summed E-state index contributed by atoms with van der Waals surface area (Å²) in [5.41, 5.74) is 0. The van der Waals surface area contributed by atoms with Gasteiger partial charge in [0.05, 0.1) is 11.5 Å². The number of sulfonamides is 1. The molecule has 1 saturated heterocycles. The Balaban J connectivity index is 2.04. The predicted octanol–water partition coefficient (Wildman–Crippen LogP) is 1.29. The zero-order valence-electron chi connectivity index (χ0n) is 11.7. The fourth-order valence-corrected chi connectivity index (χ4v) is 3.50. The van der Waals surface area contributed by atoms with E-state index in [4.69, 9.17) is 4.74 Å². The van der Waals surface area contributed by atoms with Crippen molar-refractivity contribution in [1.29, 1.82) is 0 Å². The molecule has 0 saturated carbocycles. The monoisotopic (exact) mass is 316 g/mol. The highest BCUT2D eigenvalue weighted by Crippen LogP contribution is 2.18. The van der Waals surface area contributed by atoms with E-state index in [1.165, 1.54) is 21.3 Å². The summed E-state index contributed by atoms with van der Waals surface area (Å²) in [5.74, 6) is -0.485. The summed E-state index contributed by atoms with van der Waals surface area (Å²) in [6.45, 7) is 2.94. The summed E-state index contributed by atoms with van der Waals surface area (Å²) < 4.78 is 43.8. The van der Waals surface area contributed by atoms with Gasteiger partial charge in [0.2, 0.25) is 10.0 Å². The van der Waals surface area contributed by atoms with Crippen LogP contribution in [0.25, 0.3) is 0 Å². The van der Waals surface area contributed by atoms with E-state index in [1.807, 2.05) is 0 Å². The van der Waals surface area contributed by atoms with Crippen LogP contribution < -0.4 is 0 Å². The van der Waals surface area contributed by atoms with Crippen LogP contribution in [-0.2, 0) is 14.8 Å². The molecule has 1 aromatic carbocycles. The fourth-order valence-electron chi connectivity index (χ4n) is 2.08. The highest BCUT2D eigenvalue weighted by Gasteiger charge is 2.30. The van der Waals surface area contributed by atoms with E-state index in [1.54, 1.807) is 6.92 Å². The lowest BCUT2D eigenvalue weighted by atomic mass is 10.4. The predicted molar refractivity (Wildman–Crippen MR) is 73.8 cm³/mol. The van der Waals surface area contributed by atoms with E-state index < -0.39 is 21.9 Å². The highest BCUT2D eigenvalue weighted by molar-refractivity contribution is 7.89. The first-order valence-corrected chi connectivity index (χ1v) is 8.06. The smallest absolute Gasteiger partial charge is 0.409 e. The molecule has 0 bridgehead atoms. The first-order chi connectivity index (χ1) is 9.95. The van der Waals surface area contributed by atoms with Gasteiger partial charge in [-0.05, 0) is 31.2 Å². The number of carbonyl (C=O) groups excluding carboxylic acids is 1. The quantitative estimate of drug-likeness (QED) is 0.843. The Labute approximate surface area is 123 Å². The highest BCUT2D eigenvalue weighted by atomic mass is 32.2. The van der Waals surface area contributed by atoms with Crippen molar-refractivity contribution in [1.82, 2.24) is 9.21 Å². The largest absolute Gasteiger partial charge is 0.450 e. The zero-order chi connectivity index (χ0) is 15.5. The summed E-state index contributed by atoms with van der Waals surface area (Å²) in [6, 6.07) is 4.70. The average molecular weight is 316 g/mol. The van der Waals surface area contributed by atoms with Crippen LogP contribution >= 0.6 is 0 Å². The number of rotatable bonds is 3. The molecule has 0 radical (unpaired) electrons. The van der Waals surface area contributed by atoms with E-state index in [0.29, 0.717) is 0 Å². The molecule has 0 N–H and O–H groups in total. The van der Waals surface area contributed by atoms with Gasteiger partial charge >= 0.3 is 6.09 Å². The van der Waals surface area contributed by atoms with Gasteiger partial charge in [0.1, 0.15) is 5.82 Å². The summed E-state index contributed by atoms with van der Waals surface area (Å²) in [5, 5.41) is 0. The second-order valence-electron chi connectivity index (χ2n) is 4.54. The zero-order valence-corrected chi connectivity index (χ0v) is 12.5. The maximum Gasteiger partial charge on any atom is 0.409 e. The van der Waals surface area contributed by atoms with Gasteiger partial charge in [-0.15, -0.1) is 0 Å². The third-order valence-electron chi connectivity index (χ3n) is 3.22. The van der Waals surface area contributed by atoms with Crippen LogP contribution in [0.2, 0.25) is 0 Å². The van der Waals surface area contributed by atoms with Crippen LogP contribution in [0.15, 0.2) is 29.2 Å². The van der Waals surface area contributed by atoms with Gasteiger partial charge in [-0.2, -0.15) is 4.31 Å². The van der Waals surface area contributed by atoms with Crippen LogP contribution in [0.5, 0.6) is 0 Å². The van der Waals surface area contributed by atoms with Crippen molar-refractivity contribution in [3.05, 3.63) is 30.1 Å². The van der Waals surface area contributed by atoms with Gasteiger partial charge in [0, 0.05) is 26.2 Å². The molecule has 8 heteroatoms. The summed E-state index contributed by atoms with van der Waals surface area (Å²) in [7, 11) is -3.65. The number of carbonyl (C=O) groups is 1. The number of nitrogens with zero attached hydrogens (tertiary/aromatic N) is 2. The van der Waals surface area contributed by atoms with E-state index >= 15 is 0 Å². The Morgan fingerprint density at radius 3 is 2.29 bits per heavy atom. The molecule has 0 aliphatic carbocycles. The SMILES string of the molecule is CCOC(=O)N1CCN(S(=O)(=O)c2ccc(F)cc2)CC1. The Bertz CT molecular complexity index is 595. The van der Waals surface area contributed by atoms with Gasteiger partial charge in [0.25, 0.3) is 0 Å². The van der Waals surface area contributed by atoms with Crippen molar-refractivity contribution < 1.29 is 22.3 Å². The summed E-state index contributed by atoms with van der Waals surface area (Å²) in [4.78, 5) is 13.1. The number of hydrogen-bond acceptors (Lipinski definition) is 4. The number of amides is 1. The van der Waals surface area contributed by atoms with Gasteiger partial charge in [-0.25, -0.2) is 17.6 Å². The molecule has 21 heavy (non-hydrogen) atoms. The molecular formula is C13H17FN2O4S. The van der Waals surface area contributed by atoms with E-state index in [9.17, 15) is 17.6 Å². The number of hydrogen-bond donors (Lipinski definition) is 0. The van der Waals surface area contributed by atoms with Gasteiger partial charge in [-0.3, -0.25) is 0 Å². The first kappa shape index (κ1) is 15.7. The maximum absolute atomic E-state index is 12.9. The number of piperazine rings is 1. The molecule has 1 aromatic rings. The van der Waals surface area contributed by atoms with Gasteiger partial charge in [-0.1, -0.05) is 0 Å². The summed E-state index contributed by atoms with van der Waals surface area (Å²) >= 11 is 0. The second-order valence-corrected chi connectivity index (χ2v) is 6.48. The Morgan fingerprint density at radius 1 is 1.19 bits per heavy atom. The molecule has 116 valence electrons. The molecule has 1 heterocycles. The lowest BCUT2D eigenvalue weighted by Gasteiger charge is -2.33. The molecule has 1 amide bonds. The third-order valence-corrected chi connectivity index (χ3v) is 5.13. The van der Waals surface area contributed by atoms with Crippen LogP contribution in [0.1, 0.15) is 6.92 Å². The minimum atomic E-state index is -3.65. The van der Waals surface area contributed by atoms with E-state index in [-0.39, 0.29) is 37.7 Å². The molecule has 0 spiro atoms. The lowest BCUT2D eigenvalue weighted by Crippen LogP contribution is -2.50. The van der Waals surface area contributed by atoms with E-state index in [2.05, 4.69) is 0 Å². The summed E-state index contributed by atoms with van der Waals surface area (Å²) in [6.07, 6.45) is -0.434. The van der Waals surface area contributed by atoms with Crippen LogP contribution in [0.4, 0.5) is 9.18 Å². The minimum absolute atomic E-state index is 0.0495. The lowest BCUT2D eigenvalue weighted by molar-refractivity contribution is 0.0934. The topological polar surface area (TPSA) is 66.9 Å². The van der Waals surface area contributed by atoms with E-state index in [0.717, 1.165) is 12.1 Å². The number of halogens is 1. The molecule has 0 unspecified atom stereocenters. The Kier molecular flexibility index (Phi) is 4.79. The molecule has 0 atom stereocenters. The van der Waals surface area contributed by atoms with Crippen molar-refractivity contribution >= 4 is 16.1 Å². The van der Waals surface area contributed by atoms with Gasteiger partial charge in [0.15, 0.2) is 0 Å². The molecule has 1 fully saturated rings. The molecule has 0 aromatic heterocycles. The number of benzene rings is 1. The number of ether oxygens (including phenoxy) is 1. The minimum Gasteiger partial charge on any atom is -0.450 e. The van der Waals surface area contributed by atoms with Crippen molar-refractivity contribution in [3.63, 3.8) is 0 Å². The maximum atomic E-state index is 12.9. The standard InChI is InChI=1S/C13H17FN2O4S/c1-2-20-13(17)15-7-9-16(10-8-15)21(18,19)12-5-3-11(14)4-6-12/h3-6H,2,7-10H2,1H3. The van der Waals surface area contributed by atoms with Crippen LogP contribution in [0, 0.1) is 5.82 Å². The van der Waals surface area contributed by atoms with Crippen molar-refractivity contribution in [2.24, 2.45) is 0 Å². The Hall–Kier alpha value is -1.67. The molecule has 1 aliphatic heterocycles. The van der Waals surface area contributed by atoms with Crippen LogP contribution in [0.3, 0.4) is 0 Å². The average Bonchev–Trinajstić information content (AvgIpc) is 2.48. The first-order valence-electron chi connectivity index (χ1n) is 6.62. The molecule has 6 nitrogen and oxygen atoms in total. The van der Waals surface area contributed by atoms with Crippen molar-refractivity contribution in [2.75, 3.05) is 32.8 Å².